The number of ether oxygens (including phenoxy) is 5. The zero-order valence-corrected chi connectivity index (χ0v) is 27.3. The van der Waals surface area contributed by atoms with E-state index in [2.05, 4.69) is 5.32 Å². The Kier molecular flexibility index (Phi) is 10.7. The Labute approximate surface area is 293 Å². The third-order valence-corrected chi connectivity index (χ3v) is 7.84. The highest BCUT2D eigenvalue weighted by atomic mass is 19.4. The van der Waals surface area contributed by atoms with Crippen LogP contribution in [0.5, 0.6) is 17.2 Å². The van der Waals surface area contributed by atoms with E-state index in [-0.39, 0.29) is 61.7 Å². The summed E-state index contributed by atoms with van der Waals surface area (Å²) >= 11 is 0. The molecule has 1 aliphatic heterocycles. The number of benzene rings is 4. The van der Waals surface area contributed by atoms with Gasteiger partial charge in [-0.3, -0.25) is 9.59 Å². The molecule has 52 heavy (non-hydrogen) atoms. The highest BCUT2D eigenvalue weighted by molar-refractivity contribution is 5.87. The van der Waals surface area contributed by atoms with E-state index in [1.54, 1.807) is 54.6 Å². The molecule has 1 unspecified atom stereocenters. The SMILES string of the molecule is O=C(CCC(NC(=O)OCc1ccccc1)C(=O)Oc1ccc2c(=O)c(-c3ccc4c(c3)OCCO4)c(C(F)(F)F)oc2c1)OCc1ccccc1. The molecule has 1 atom stereocenters. The number of rotatable bonds is 11. The largest absolute Gasteiger partial charge is 0.486 e. The van der Waals surface area contributed by atoms with Crippen LogP contribution in [0.3, 0.4) is 0 Å². The van der Waals surface area contributed by atoms with E-state index in [1.165, 1.54) is 24.3 Å². The lowest BCUT2D eigenvalue weighted by atomic mass is 10.0. The lowest BCUT2D eigenvalue weighted by molar-refractivity contribution is -0.152. The maximum atomic E-state index is 14.3. The Balaban J connectivity index is 1.22. The molecule has 5 aromatic rings. The molecule has 0 bridgehead atoms. The van der Waals surface area contributed by atoms with Crippen molar-refractivity contribution >= 4 is 29.0 Å². The van der Waals surface area contributed by atoms with E-state index in [0.717, 1.165) is 17.7 Å². The molecule has 11 nitrogen and oxygen atoms in total. The average Bonchev–Trinajstić information content (AvgIpc) is 3.15. The first-order valence-electron chi connectivity index (χ1n) is 16.0. The second kappa shape index (κ2) is 15.7. The predicted octanol–water partition coefficient (Wildman–Crippen LogP) is 6.97. The van der Waals surface area contributed by atoms with E-state index < -0.39 is 52.6 Å². The third-order valence-electron chi connectivity index (χ3n) is 7.84. The quantitative estimate of drug-likeness (QED) is 0.113. The third kappa shape index (κ3) is 8.70. The maximum absolute atomic E-state index is 14.3. The van der Waals surface area contributed by atoms with Crippen LogP contribution in [-0.4, -0.2) is 37.3 Å². The molecule has 14 heteroatoms. The van der Waals surface area contributed by atoms with Gasteiger partial charge in [-0.2, -0.15) is 13.2 Å². The van der Waals surface area contributed by atoms with Crippen molar-refractivity contribution in [3.8, 4) is 28.4 Å². The van der Waals surface area contributed by atoms with Gasteiger partial charge in [-0.15, -0.1) is 0 Å². The number of hydrogen-bond acceptors (Lipinski definition) is 10. The van der Waals surface area contributed by atoms with Crippen molar-refractivity contribution in [2.75, 3.05) is 13.2 Å². The van der Waals surface area contributed by atoms with Gasteiger partial charge in [-0.1, -0.05) is 66.7 Å². The number of amides is 1. The molecule has 0 aliphatic carbocycles. The lowest BCUT2D eigenvalue weighted by Crippen LogP contribution is -2.43. The van der Waals surface area contributed by atoms with Gasteiger partial charge in [0.25, 0.3) is 0 Å². The van der Waals surface area contributed by atoms with Crippen molar-refractivity contribution in [2.45, 2.75) is 38.3 Å². The summed E-state index contributed by atoms with van der Waals surface area (Å²) in [6.07, 6.45) is -6.66. The molecule has 0 radical (unpaired) electrons. The normalized spacial score (nSPS) is 12.8. The molecule has 0 spiro atoms. The molecule has 6 rings (SSSR count). The van der Waals surface area contributed by atoms with E-state index in [0.29, 0.717) is 11.3 Å². The van der Waals surface area contributed by atoms with Gasteiger partial charge in [-0.05, 0) is 47.4 Å². The minimum absolute atomic E-state index is 0.0140. The highest BCUT2D eigenvalue weighted by Gasteiger charge is 2.40. The van der Waals surface area contributed by atoms with Crippen LogP contribution in [0.1, 0.15) is 29.7 Å². The van der Waals surface area contributed by atoms with Crippen LogP contribution >= 0.6 is 0 Å². The lowest BCUT2D eigenvalue weighted by Gasteiger charge is -2.19. The molecule has 1 amide bonds. The molecule has 1 aliphatic rings. The zero-order valence-electron chi connectivity index (χ0n) is 27.3. The number of nitrogens with one attached hydrogen (secondary N) is 1. The van der Waals surface area contributed by atoms with Gasteiger partial charge in [0, 0.05) is 12.5 Å². The second-order valence-corrected chi connectivity index (χ2v) is 11.5. The first-order valence-corrected chi connectivity index (χ1v) is 16.0. The van der Waals surface area contributed by atoms with Crippen molar-refractivity contribution in [2.24, 2.45) is 0 Å². The molecule has 0 saturated heterocycles. The summed E-state index contributed by atoms with van der Waals surface area (Å²) in [4.78, 5) is 52.1. The van der Waals surface area contributed by atoms with Gasteiger partial charge in [0.2, 0.25) is 11.2 Å². The van der Waals surface area contributed by atoms with Crippen LogP contribution < -0.4 is 25.0 Å². The number of hydrogen-bond donors (Lipinski definition) is 1. The Morgan fingerprint density at radius 3 is 2.12 bits per heavy atom. The Hall–Kier alpha value is -6.31. The second-order valence-electron chi connectivity index (χ2n) is 11.5. The van der Waals surface area contributed by atoms with Crippen LogP contribution in [0.25, 0.3) is 22.1 Å². The van der Waals surface area contributed by atoms with Crippen LogP contribution in [0.15, 0.2) is 106 Å². The average molecular weight is 718 g/mol. The molecule has 268 valence electrons. The molecule has 0 saturated carbocycles. The van der Waals surface area contributed by atoms with Crippen molar-refractivity contribution in [1.29, 1.82) is 0 Å². The fraction of sp³-hybridized carbons (Fsp3) is 0.211. The van der Waals surface area contributed by atoms with Crippen LogP contribution in [-0.2, 0) is 38.5 Å². The van der Waals surface area contributed by atoms with Gasteiger partial charge in [0.1, 0.15) is 43.8 Å². The summed E-state index contributed by atoms with van der Waals surface area (Å²) in [5.74, 6) is -3.10. The van der Waals surface area contributed by atoms with Crippen molar-refractivity contribution in [1.82, 2.24) is 5.32 Å². The molecule has 1 N–H and O–H groups in total. The topological polar surface area (TPSA) is 140 Å². The van der Waals surface area contributed by atoms with Crippen molar-refractivity contribution in [3.63, 3.8) is 0 Å². The first kappa shape index (κ1) is 35.5. The number of carbonyl (C=O) groups excluding carboxylic acids is 3. The van der Waals surface area contributed by atoms with Crippen molar-refractivity contribution < 1.29 is 55.7 Å². The highest BCUT2D eigenvalue weighted by Crippen LogP contribution is 2.40. The standard InChI is InChI=1S/C38H30F3NO10/c39-38(40,41)35-33(25-11-15-29-31(19-25)48-18-17-47-29)34(44)27-13-12-26(20-30(27)52-35)51-36(45)28(42-37(46)50-22-24-9-5-2-6-10-24)14-16-32(43)49-21-23-7-3-1-4-8-23/h1-13,15,19-20,28H,14,16-18,21-22H2,(H,42,46). The Bertz CT molecular complexity index is 2140. The summed E-state index contributed by atoms with van der Waals surface area (Å²) in [5, 5.41) is 2.15. The first-order chi connectivity index (χ1) is 25.0. The number of esters is 2. The minimum Gasteiger partial charge on any atom is -0.486 e. The molecule has 2 heterocycles. The summed E-state index contributed by atoms with van der Waals surface area (Å²) in [6.45, 7) is 0.314. The summed E-state index contributed by atoms with van der Waals surface area (Å²) in [7, 11) is 0. The van der Waals surface area contributed by atoms with Crippen LogP contribution in [0, 0.1) is 0 Å². The van der Waals surface area contributed by atoms with Gasteiger partial charge in [0.15, 0.2) is 11.5 Å². The zero-order chi connectivity index (χ0) is 36.7. The molecular formula is C38H30F3NO10. The number of carbonyl (C=O) groups is 3. The van der Waals surface area contributed by atoms with E-state index in [1.807, 2.05) is 6.07 Å². The number of fused-ring (bicyclic) bond motifs is 2. The summed E-state index contributed by atoms with van der Waals surface area (Å²) in [5.41, 5.74) is -0.922. The molecule has 4 aromatic carbocycles. The number of halogens is 3. The van der Waals surface area contributed by atoms with E-state index in [9.17, 15) is 32.3 Å². The van der Waals surface area contributed by atoms with Crippen molar-refractivity contribution in [3.05, 3.63) is 124 Å². The van der Waals surface area contributed by atoms with E-state index >= 15 is 0 Å². The molecular weight excluding hydrogens is 687 g/mol. The van der Waals surface area contributed by atoms with Gasteiger partial charge in [0.05, 0.1) is 10.9 Å². The number of alkyl halides is 3. The van der Waals surface area contributed by atoms with Crippen LogP contribution in [0.4, 0.5) is 18.0 Å². The number of alkyl carbamates (subject to hydrolysis) is 1. The molecule has 0 fully saturated rings. The smallest absolute Gasteiger partial charge is 0.450 e. The predicted molar refractivity (Wildman–Crippen MR) is 179 cm³/mol. The molecule has 1 aromatic heterocycles. The minimum atomic E-state index is -5.09. The van der Waals surface area contributed by atoms with E-state index in [4.69, 9.17) is 28.1 Å². The maximum Gasteiger partial charge on any atom is 0.450 e. The fourth-order valence-corrected chi connectivity index (χ4v) is 5.31. The fourth-order valence-electron chi connectivity index (χ4n) is 5.31. The Morgan fingerprint density at radius 2 is 1.44 bits per heavy atom. The van der Waals surface area contributed by atoms with Gasteiger partial charge >= 0.3 is 24.2 Å². The van der Waals surface area contributed by atoms with Gasteiger partial charge < -0.3 is 33.4 Å². The summed E-state index contributed by atoms with van der Waals surface area (Å²) in [6, 6.07) is 23.5. The summed E-state index contributed by atoms with van der Waals surface area (Å²) < 4.78 is 75.1. The Morgan fingerprint density at radius 1 is 0.788 bits per heavy atom. The van der Waals surface area contributed by atoms with Gasteiger partial charge in [-0.25, -0.2) is 9.59 Å². The monoisotopic (exact) mass is 717 g/mol. The van der Waals surface area contributed by atoms with Crippen LogP contribution in [0.2, 0.25) is 0 Å².